The molecule has 68 valence electrons. The van der Waals surface area contributed by atoms with Gasteiger partial charge in [0.25, 0.3) is 0 Å². The Balaban J connectivity index is 3.64. The van der Waals surface area contributed by atoms with Crippen LogP contribution in [0.3, 0.4) is 0 Å². The van der Waals surface area contributed by atoms with Crippen LogP contribution >= 0.6 is 0 Å². The number of allylic oxidation sites excluding steroid dienone is 4. The fourth-order valence-electron chi connectivity index (χ4n) is 1.13. The van der Waals surface area contributed by atoms with Gasteiger partial charge in [0.05, 0.1) is 0 Å². The summed E-state index contributed by atoms with van der Waals surface area (Å²) in [4.78, 5) is 0. The van der Waals surface area contributed by atoms with E-state index < -0.39 is 0 Å². The molecule has 0 aromatic heterocycles. The molecular weight excluding hydrogens is 144 g/mol. The molecule has 0 aromatic rings. The van der Waals surface area contributed by atoms with Gasteiger partial charge in [0.2, 0.25) is 0 Å². The molecule has 0 aliphatic heterocycles. The zero-order valence-corrected chi connectivity index (χ0v) is 8.34. The van der Waals surface area contributed by atoms with E-state index in [1.54, 1.807) is 0 Å². The molecular formula is C12H20. The number of hydrogen-bond acceptors (Lipinski definition) is 0. The average Bonchev–Trinajstić information content (AvgIpc) is 2.02. The van der Waals surface area contributed by atoms with Gasteiger partial charge < -0.3 is 0 Å². The first kappa shape index (κ1) is 11.2. The van der Waals surface area contributed by atoms with Crippen LogP contribution in [0.2, 0.25) is 0 Å². The van der Waals surface area contributed by atoms with Crippen molar-refractivity contribution in [2.75, 3.05) is 0 Å². The van der Waals surface area contributed by atoms with Crippen molar-refractivity contribution in [1.29, 1.82) is 0 Å². The molecule has 0 spiro atoms. The summed E-state index contributed by atoms with van der Waals surface area (Å²) < 4.78 is 0. The van der Waals surface area contributed by atoms with Gasteiger partial charge in [-0.3, -0.25) is 0 Å². The summed E-state index contributed by atoms with van der Waals surface area (Å²) in [5.41, 5.74) is 1.40. The molecule has 12 heavy (non-hydrogen) atoms. The number of rotatable bonds is 6. The third-order valence-corrected chi connectivity index (χ3v) is 1.89. The molecule has 1 atom stereocenters. The first-order chi connectivity index (χ1) is 5.70. The highest BCUT2D eigenvalue weighted by molar-refractivity contribution is 4.94. The van der Waals surface area contributed by atoms with Crippen LogP contribution in [0.4, 0.5) is 0 Å². The van der Waals surface area contributed by atoms with Crippen molar-refractivity contribution in [2.45, 2.75) is 33.1 Å². The Morgan fingerprint density at radius 2 is 2.00 bits per heavy atom. The molecule has 0 saturated heterocycles. The highest BCUT2D eigenvalue weighted by Crippen LogP contribution is 2.13. The van der Waals surface area contributed by atoms with E-state index in [9.17, 15) is 0 Å². The molecule has 1 unspecified atom stereocenters. The second kappa shape index (κ2) is 6.90. The van der Waals surface area contributed by atoms with Gasteiger partial charge >= 0.3 is 0 Å². The smallest absolute Gasteiger partial charge is 0.0199 e. The van der Waals surface area contributed by atoms with Crippen molar-refractivity contribution >= 4 is 0 Å². The Morgan fingerprint density at radius 1 is 1.33 bits per heavy atom. The van der Waals surface area contributed by atoms with E-state index in [-0.39, 0.29) is 0 Å². The highest BCUT2D eigenvalue weighted by Gasteiger charge is 1.98. The molecule has 0 N–H and O–H groups in total. The van der Waals surface area contributed by atoms with Gasteiger partial charge in [-0.15, -0.1) is 13.2 Å². The van der Waals surface area contributed by atoms with Gasteiger partial charge in [-0.25, -0.2) is 0 Å². The van der Waals surface area contributed by atoms with Crippen LogP contribution in [0.15, 0.2) is 37.0 Å². The van der Waals surface area contributed by atoms with Gasteiger partial charge in [-0.05, 0) is 39.0 Å². The van der Waals surface area contributed by atoms with Crippen LogP contribution in [-0.2, 0) is 0 Å². The normalized spacial score (nSPS) is 11.8. The fraction of sp³-hybridized carbons (Fsp3) is 0.500. The van der Waals surface area contributed by atoms with E-state index in [4.69, 9.17) is 0 Å². The second-order valence-electron chi connectivity index (χ2n) is 3.38. The SMILES string of the molecule is C=CCC(C=C)CCC=C(C)C. The maximum atomic E-state index is 3.81. The van der Waals surface area contributed by atoms with Crippen molar-refractivity contribution in [3.63, 3.8) is 0 Å². The van der Waals surface area contributed by atoms with Gasteiger partial charge in [-0.1, -0.05) is 23.8 Å². The Morgan fingerprint density at radius 3 is 2.42 bits per heavy atom. The van der Waals surface area contributed by atoms with Crippen LogP contribution in [0.25, 0.3) is 0 Å². The predicted molar refractivity (Wildman–Crippen MR) is 57.2 cm³/mol. The minimum atomic E-state index is 0.609. The molecule has 0 fully saturated rings. The van der Waals surface area contributed by atoms with Crippen molar-refractivity contribution in [2.24, 2.45) is 5.92 Å². The molecule has 0 saturated carbocycles. The van der Waals surface area contributed by atoms with E-state index in [0.717, 1.165) is 12.8 Å². The zero-order chi connectivity index (χ0) is 9.40. The van der Waals surface area contributed by atoms with Gasteiger partial charge in [-0.2, -0.15) is 0 Å². The van der Waals surface area contributed by atoms with Crippen LogP contribution in [-0.4, -0.2) is 0 Å². The zero-order valence-electron chi connectivity index (χ0n) is 8.34. The summed E-state index contributed by atoms with van der Waals surface area (Å²) in [6.45, 7) is 11.8. The molecule has 0 nitrogen and oxygen atoms in total. The topological polar surface area (TPSA) is 0 Å². The molecule has 0 aliphatic carbocycles. The molecule has 0 amide bonds. The minimum absolute atomic E-state index is 0.609. The highest BCUT2D eigenvalue weighted by atomic mass is 14.0. The lowest BCUT2D eigenvalue weighted by molar-refractivity contribution is 0.607. The molecule has 0 rings (SSSR count). The van der Waals surface area contributed by atoms with E-state index in [0.29, 0.717) is 5.92 Å². The quantitative estimate of drug-likeness (QED) is 0.518. The monoisotopic (exact) mass is 164 g/mol. The van der Waals surface area contributed by atoms with Crippen molar-refractivity contribution in [3.8, 4) is 0 Å². The molecule has 0 bridgehead atoms. The Bertz CT molecular complexity index is 159. The van der Waals surface area contributed by atoms with Crippen molar-refractivity contribution in [3.05, 3.63) is 37.0 Å². The average molecular weight is 164 g/mol. The largest absolute Gasteiger partial charge is 0.103 e. The lowest BCUT2D eigenvalue weighted by Gasteiger charge is -2.06. The summed E-state index contributed by atoms with van der Waals surface area (Å²) in [6.07, 6.45) is 9.68. The van der Waals surface area contributed by atoms with Gasteiger partial charge in [0.15, 0.2) is 0 Å². The number of hydrogen-bond donors (Lipinski definition) is 0. The minimum Gasteiger partial charge on any atom is -0.103 e. The van der Waals surface area contributed by atoms with E-state index in [1.807, 2.05) is 12.2 Å². The lowest BCUT2D eigenvalue weighted by atomic mass is 9.99. The standard InChI is InChI=1S/C12H20/c1-5-8-12(6-2)10-7-9-11(3)4/h5-6,9,12H,1-2,7-8,10H2,3-4H3. The third-order valence-electron chi connectivity index (χ3n) is 1.89. The molecule has 0 heteroatoms. The summed E-state index contributed by atoms with van der Waals surface area (Å²) in [5, 5.41) is 0. The first-order valence-electron chi connectivity index (χ1n) is 4.57. The Kier molecular flexibility index (Phi) is 6.45. The molecule has 0 aliphatic rings. The second-order valence-corrected chi connectivity index (χ2v) is 3.38. The predicted octanol–water partition coefficient (Wildman–Crippen LogP) is 4.11. The summed E-state index contributed by atoms with van der Waals surface area (Å²) in [7, 11) is 0. The Labute approximate surface area is 76.7 Å². The van der Waals surface area contributed by atoms with E-state index in [1.165, 1.54) is 12.0 Å². The summed E-state index contributed by atoms with van der Waals surface area (Å²) >= 11 is 0. The summed E-state index contributed by atoms with van der Waals surface area (Å²) in [5.74, 6) is 0.609. The summed E-state index contributed by atoms with van der Waals surface area (Å²) in [6, 6.07) is 0. The molecule has 0 aromatic carbocycles. The van der Waals surface area contributed by atoms with Gasteiger partial charge in [0.1, 0.15) is 0 Å². The molecule has 0 heterocycles. The van der Waals surface area contributed by atoms with E-state index >= 15 is 0 Å². The third kappa shape index (κ3) is 5.96. The van der Waals surface area contributed by atoms with Crippen LogP contribution in [0.5, 0.6) is 0 Å². The lowest BCUT2D eigenvalue weighted by Crippen LogP contribution is -1.92. The maximum absolute atomic E-state index is 3.81. The Hall–Kier alpha value is -0.780. The first-order valence-corrected chi connectivity index (χ1v) is 4.57. The van der Waals surface area contributed by atoms with Gasteiger partial charge in [0, 0.05) is 0 Å². The van der Waals surface area contributed by atoms with Crippen molar-refractivity contribution < 1.29 is 0 Å². The van der Waals surface area contributed by atoms with Crippen LogP contribution in [0.1, 0.15) is 33.1 Å². The van der Waals surface area contributed by atoms with Crippen molar-refractivity contribution in [1.82, 2.24) is 0 Å². The van der Waals surface area contributed by atoms with E-state index in [2.05, 4.69) is 33.1 Å². The fourth-order valence-corrected chi connectivity index (χ4v) is 1.13. The molecule has 0 radical (unpaired) electrons. The maximum Gasteiger partial charge on any atom is -0.0199 e. The van der Waals surface area contributed by atoms with Crippen LogP contribution < -0.4 is 0 Å². The van der Waals surface area contributed by atoms with Crippen LogP contribution in [0, 0.1) is 5.92 Å².